The van der Waals surface area contributed by atoms with Gasteiger partial charge in [0.2, 0.25) is 0 Å². The highest BCUT2D eigenvalue weighted by molar-refractivity contribution is 5.25. The molecule has 0 aromatic carbocycles. The molecule has 2 rings (SSSR count). The van der Waals surface area contributed by atoms with Gasteiger partial charge >= 0.3 is 0 Å². The summed E-state index contributed by atoms with van der Waals surface area (Å²) in [5.41, 5.74) is 2.03. The fraction of sp³-hybridized carbons (Fsp3) is 0.200. The van der Waals surface area contributed by atoms with Gasteiger partial charge in [0.25, 0.3) is 0 Å². The molecule has 0 bridgehead atoms. The van der Waals surface area contributed by atoms with Crippen LogP contribution in [0, 0.1) is 23.7 Å². The van der Waals surface area contributed by atoms with E-state index in [0.717, 1.165) is 24.5 Å². The van der Waals surface area contributed by atoms with E-state index in [1.54, 1.807) is 24.5 Å². The SMILES string of the molecule is C(#CCNCc1ccccn1)C=CC#CCNCc1ccccn1. The molecule has 0 unspecified atom stereocenters. The molecule has 2 aromatic heterocycles. The smallest absolute Gasteiger partial charge is 0.0583 e. The van der Waals surface area contributed by atoms with Gasteiger partial charge in [0, 0.05) is 25.5 Å². The fourth-order valence-corrected chi connectivity index (χ4v) is 1.81. The minimum absolute atomic E-state index is 0.625. The molecule has 120 valence electrons. The Kier molecular flexibility index (Phi) is 8.44. The van der Waals surface area contributed by atoms with Gasteiger partial charge in [0.1, 0.15) is 0 Å². The summed E-state index contributed by atoms with van der Waals surface area (Å²) in [6.07, 6.45) is 7.09. The minimum Gasteiger partial charge on any atom is -0.301 e. The van der Waals surface area contributed by atoms with E-state index in [9.17, 15) is 0 Å². The first-order valence-corrected chi connectivity index (χ1v) is 7.78. The maximum Gasteiger partial charge on any atom is 0.0583 e. The van der Waals surface area contributed by atoms with Crippen LogP contribution in [0.1, 0.15) is 11.4 Å². The molecule has 24 heavy (non-hydrogen) atoms. The van der Waals surface area contributed by atoms with Crippen LogP contribution in [-0.2, 0) is 13.1 Å². The number of nitrogens with one attached hydrogen (secondary N) is 2. The summed E-state index contributed by atoms with van der Waals surface area (Å²) >= 11 is 0. The summed E-state index contributed by atoms with van der Waals surface area (Å²) in [6, 6.07) is 11.7. The number of rotatable bonds is 6. The Morgan fingerprint density at radius 1 is 0.750 bits per heavy atom. The molecular weight excluding hydrogens is 296 g/mol. The normalized spacial score (nSPS) is 9.83. The van der Waals surface area contributed by atoms with Gasteiger partial charge in [-0.1, -0.05) is 35.8 Å². The quantitative estimate of drug-likeness (QED) is 0.631. The zero-order valence-electron chi connectivity index (χ0n) is 13.5. The lowest BCUT2D eigenvalue weighted by Crippen LogP contribution is -2.13. The van der Waals surface area contributed by atoms with Crippen molar-refractivity contribution in [2.45, 2.75) is 13.1 Å². The van der Waals surface area contributed by atoms with Gasteiger partial charge < -0.3 is 10.6 Å². The number of nitrogens with zero attached hydrogens (tertiary/aromatic N) is 2. The van der Waals surface area contributed by atoms with Crippen molar-refractivity contribution in [1.29, 1.82) is 0 Å². The molecule has 0 spiro atoms. The Morgan fingerprint density at radius 2 is 1.25 bits per heavy atom. The van der Waals surface area contributed by atoms with E-state index >= 15 is 0 Å². The van der Waals surface area contributed by atoms with Crippen molar-refractivity contribution in [2.75, 3.05) is 13.1 Å². The first-order chi connectivity index (χ1) is 11.9. The minimum atomic E-state index is 0.625. The number of allylic oxidation sites excluding steroid dienone is 2. The van der Waals surface area contributed by atoms with Crippen LogP contribution in [0.25, 0.3) is 0 Å². The molecule has 0 radical (unpaired) electrons. The number of hydrogen-bond donors (Lipinski definition) is 2. The average Bonchev–Trinajstić information content (AvgIpc) is 2.64. The summed E-state index contributed by atoms with van der Waals surface area (Å²) in [4.78, 5) is 8.46. The topological polar surface area (TPSA) is 49.8 Å². The van der Waals surface area contributed by atoms with Crippen molar-refractivity contribution in [3.05, 3.63) is 72.3 Å². The zero-order valence-corrected chi connectivity index (χ0v) is 13.5. The second-order valence-electron chi connectivity index (χ2n) is 4.82. The van der Waals surface area contributed by atoms with Crippen molar-refractivity contribution >= 4 is 0 Å². The van der Waals surface area contributed by atoms with E-state index in [4.69, 9.17) is 0 Å². The maximum absolute atomic E-state index is 4.23. The lowest BCUT2D eigenvalue weighted by molar-refractivity contribution is 0.749. The Hall–Kier alpha value is -2.92. The van der Waals surface area contributed by atoms with Gasteiger partial charge in [0.05, 0.1) is 24.5 Å². The highest BCUT2D eigenvalue weighted by Crippen LogP contribution is 1.91. The van der Waals surface area contributed by atoms with E-state index < -0.39 is 0 Å². The highest BCUT2D eigenvalue weighted by atomic mass is 14.9. The van der Waals surface area contributed by atoms with Crippen LogP contribution < -0.4 is 10.6 Å². The predicted molar refractivity (Wildman–Crippen MR) is 96.6 cm³/mol. The molecule has 2 N–H and O–H groups in total. The number of pyridine rings is 2. The van der Waals surface area contributed by atoms with E-state index in [2.05, 4.69) is 44.3 Å². The summed E-state index contributed by atoms with van der Waals surface area (Å²) in [5.74, 6) is 11.9. The van der Waals surface area contributed by atoms with Gasteiger partial charge in [-0.2, -0.15) is 0 Å². The third-order valence-electron chi connectivity index (χ3n) is 2.95. The third kappa shape index (κ3) is 7.91. The van der Waals surface area contributed by atoms with Crippen LogP contribution in [0.4, 0.5) is 0 Å². The summed E-state index contributed by atoms with van der Waals surface area (Å²) in [6.45, 7) is 2.70. The number of hydrogen-bond acceptors (Lipinski definition) is 4. The predicted octanol–water partition coefficient (Wildman–Crippen LogP) is 1.92. The van der Waals surface area contributed by atoms with Crippen LogP contribution >= 0.6 is 0 Å². The van der Waals surface area contributed by atoms with Crippen LogP contribution in [0.3, 0.4) is 0 Å². The maximum atomic E-state index is 4.23. The molecule has 0 aliphatic carbocycles. The molecule has 0 aliphatic rings. The Bertz CT molecular complexity index is 666. The molecule has 0 amide bonds. The second-order valence-corrected chi connectivity index (χ2v) is 4.82. The van der Waals surface area contributed by atoms with E-state index in [1.165, 1.54) is 0 Å². The van der Waals surface area contributed by atoms with Gasteiger partial charge in [0.15, 0.2) is 0 Å². The molecule has 0 fully saturated rings. The van der Waals surface area contributed by atoms with Crippen molar-refractivity contribution in [2.24, 2.45) is 0 Å². The average molecular weight is 316 g/mol. The fourth-order valence-electron chi connectivity index (χ4n) is 1.81. The first-order valence-electron chi connectivity index (χ1n) is 7.78. The molecule has 4 nitrogen and oxygen atoms in total. The van der Waals surface area contributed by atoms with Gasteiger partial charge in [-0.3, -0.25) is 9.97 Å². The number of aromatic nitrogens is 2. The lowest BCUT2D eigenvalue weighted by Gasteiger charge is -1.98. The van der Waals surface area contributed by atoms with Crippen LogP contribution in [-0.4, -0.2) is 23.1 Å². The molecule has 2 heterocycles. The van der Waals surface area contributed by atoms with Crippen molar-refractivity contribution in [3.8, 4) is 23.7 Å². The van der Waals surface area contributed by atoms with Crippen molar-refractivity contribution in [3.63, 3.8) is 0 Å². The molecule has 2 aromatic rings. The van der Waals surface area contributed by atoms with Gasteiger partial charge in [-0.25, -0.2) is 0 Å². The third-order valence-corrected chi connectivity index (χ3v) is 2.95. The van der Waals surface area contributed by atoms with Gasteiger partial charge in [-0.15, -0.1) is 0 Å². The van der Waals surface area contributed by atoms with E-state index in [-0.39, 0.29) is 0 Å². The van der Waals surface area contributed by atoms with E-state index in [0.29, 0.717) is 13.1 Å². The van der Waals surface area contributed by atoms with Gasteiger partial charge in [-0.05, 0) is 36.4 Å². The molecule has 0 saturated carbocycles. The molecule has 0 saturated heterocycles. The van der Waals surface area contributed by atoms with Crippen molar-refractivity contribution in [1.82, 2.24) is 20.6 Å². The lowest BCUT2D eigenvalue weighted by atomic mass is 10.3. The Labute approximate surface area is 143 Å². The second kappa shape index (κ2) is 11.6. The standard InChI is InChI=1S/C20H20N4/c1(3-7-13-21-17-19-11-5-9-15-23-19)2-4-8-14-22-18-20-12-6-10-16-24-20/h1-2,5-6,9-12,15-16,21-22H,13-14,17-18H2. The highest BCUT2D eigenvalue weighted by Gasteiger charge is 1.89. The molecule has 0 atom stereocenters. The Balaban J connectivity index is 1.53. The molecular formula is C20H20N4. The first kappa shape index (κ1) is 17.4. The molecule has 0 aliphatic heterocycles. The summed E-state index contributed by atoms with van der Waals surface area (Å²) in [7, 11) is 0. The van der Waals surface area contributed by atoms with Crippen molar-refractivity contribution < 1.29 is 0 Å². The Morgan fingerprint density at radius 3 is 1.67 bits per heavy atom. The van der Waals surface area contributed by atoms with Crippen LogP contribution in [0.5, 0.6) is 0 Å². The zero-order chi connectivity index (χ0) is 16.7. The van der Waals surface area contributed by atoms with Crippen LogP contribution in [0.15, 0.2) is 60.9 Å². The molecule has 4 heteroatoms. The largest absolute Gasteiger partial charge is 0.301 e. The monoisotopic (exact) mass is 316 g/mol. The summed E-state index contributed by atoms with van der Waals surface area (Å²) < 4.78 is 0. The summed E-state index contributed by atoms with van der Waals surface area (Å²) in [5, 5.41) is 6.43. The van der Waals surface area contributed by atoms with E-state index in [1.807, 2.05) is 36.4 Å². The van der Waals surface area contributed by atoms with Crippen LogP contribution in [0.2, 0.25) is 0 Å².